The third-order valence-electron chi connectivity index (χ3n) is 2.36. The monoisotopic (exact) mass is 227 g/mol. The summed E-state index contributed by atoms with van der Waals surface area (Å²) in [5, 5.41) is 8.78. The molecule has 0 heterocycles. The van der Waals surface area contributed by atoms with Gasteiger partial charge in [-0.05, 0) is 31.7 Å². The van der Waals surface area contributed by atoms with Crippen molar-refractivity contribution in [3.63, 3.8) is 0 Å². The molecule has 0 saturated carbocycles. The molecule has 0 unspecified atom stereocenters. The Morgan fingerprint density at radius 2 is 2.06 bits per heavy atom. The second-order valence-corrected chi connectivity index (χ2v) is 4.66. The number of nitrogens with zero attached hydrogens (tertiary/aromatic N) is 1. The fourth-order valence-electron chi connectivity index (χ4n) is 1.74. The number of allylic oxidation sites excluding steroid dienone is 1. The van der Waals surface area contributed by atoms with Crippen LogP contribution in [0.4, 0.5) is 0 Å². The second kappa shape index (κ2) is 9.40. The van der Waals surface area contributed by atoms with Gasteiger partial charge in [0.15, 0.2) is 0 Å². The Kier molecular flexibility index (Phi) is 8.91. The molecule has 3 heteroatoms. The molecular weight excluding hydrogens is 202 g/mol. The van der Waals surface area contributed by atoms with Crippen molar-refractivity contribution in [1.29, 1.82) is 0 Å². The molecule has 0 aromatic rings. The van der Waals surface area contributed by atoms with Crippen LogP contribution in [0.15, 0.2) is 12.7 Å². The van der Waals surface area contributed by atoms with Crippen molar-refractivity contribution in [3.05, 3.63) is 12.7 Å². The van der Waals surface area contributed by atoms with E-state index in [2.05, 4.69) is 20.4 Å². The normalized spacial score (nSPS) is 11.0. The SMILES string of the molecule is C=CCCCCCN(CC(=O)O)CC(C)C. The highest BCUT2D eigenvalue weighted by molar-refractivity contribution is 5.69. The van der Waals surface area contributed by atoms with Crippen LogP contribution < -0.4 is 0 Å². The Labute approximate surface area is 99.1 Å². The molecule has 0 aliphatic heterocycles. The van der Waals surface area contributed by atoms with Gasteiger partial charge in [-0.1, -0.05) is 26.3 Å². The van der Waals surface area contributed by atoms with E-state index in [4.69, 9.17) is 5.11 Å². The van der Waals surface area contributed by atoms with Crippen molar-refractivity contribution >= 4 is 5.97 Å². The van der Waals surface area contributed by atoms with Gasteiger partial charge in [0.05, 0.1) is 6.54 Å². The van der Waals surface area contributed by atoms with E-state index in [-0.39, 0.29) is 6.54 Å². The van der Waals surface area contributed by atoms with Crippen LogP contribution in [0, 0.1) is 5.92 Å². The Hall–Kier alpha value is -0.830. The first-order valence-electron chi connectivity index (χ1n) is 6.11. The zero-order chi connectivity index (χ0) is 12.4. The number of aliphatic carboxylic acids is 1. The molecule has 0 aliphatic carbocycles. The maximum Gasteiger partial charge on any atom is 0.317 e. The lowest BCUT2D eigenvalue weighted by Gasteiger charge is -2.22. The molecule has 94 valence electrons. The Morgan fingerprint density at radius 3 is 2.56 bits per heavy atom. The first kappa shape index (κ1) is 15.2. The summed E-state index contributed by atoms with van der Waals surface area (Å²) in [6, 6.07) is 0. The zero-order valence-corrected chi connectivity index (χ0v) is 10.6. The molecule has 0 radical (unpaired) electrons. The first-order chi connectivity index (χ1) is 7.56. The van der Waals surface area contributed by atoms with E-state index in [9.17, 15) is 4.79 Å². The van der Waals surface area contributed by atoms with E-state index in [0.29, 0.717) is 5.92 Å². The van der Waals surface area contributed by atoms with Crippen LogP contribution in [0.1, 0.15) is 39.5 Å². The molecule has 0 amide bonds. The van der Waals surface area contributed by atoms with Gasteiger partial charge in [0.25, 0.3) is 0 Å². The molecule has 16 heavy (non-hydrogen) atoms. The maximum atomic E-state index is 10.7. The van der Waals surface area contributed by atoms with E-state index in [1.54, 1.807) is 0 Å². The zero-order valence-electron chi connectivity index (χ0n) is 10.6. The van der Waals surface area contributed by atoms with Gasteiger partial charge in [0.2, 0.25) is 0 Å². The Bertz CT molecular complexity index is 202. The fourth-order valence-corrected chi connectivity index (χ4v) is 1.74. The molecule has 0 aliphatic rings. The van der Waals surface area contributed by atoms with Crippen LogP contribution in [-0.4, -0.2) is 35.6 Å². The summed E-state index contributed by atoms with van der Waals surface area (Å²) in [6.45, 7) is 9.84. The minimum atomic E-state index is -0.730. The predicted molar refractivity (Wildman–Crippen MR) is 67.6 cm³/mol. The van der Waals surface area contributed by atoms with E-state index < -0.39 is 5.97 Å². The lowest BCUT2D eigenvalue weighted by Crippen LogP contribution is -2.33. The molecule has 0 saturated heterocycles. The number of unbranched alkanes of at least 4 members (excludes halogenated alkanes) is 3. The third-order valence-corrected chi connectivity index (χ3v) is 2.36. The van der Waals surface area contributed by atoms with Gasteiger partial charge < -0.3 is 5.11 Å². The molecule has 1 N–H and O–H groups in total. The summed E-state index contributed by atoms with van der Waals surface area (Å²) in [4.78, 5) is 12.7. The molecule has 0 fully saturated rings. The highest BCUT2D eigenvalue weighted by Gasteiger charge is 2.10. The van der Waals surface area contributed by atoms with Crippen molar-refractivity contribution in [2.24, 2.45) is 5.92 Å². The van der Waals surface area contributed by atoms with Gasteiger partial charge in [-0.15, -0.1) is 6.58 Å². The van der Waals surface area contributed by atoms with Crippen molar-refractivity contribution in [2.75, 3.05) is 19.6 Å². The largest absolute Gasteiger partial charge is 0.480 e. The number of carboxylic acid groups (broad SMARTS) is 1. The lowest BCUT2D eigenvalue weighted by atomic mass is 10.1. The lowest BCUT2D eigenvalue weighted by molar-refractivity contribution is -0.138. The number of hydrogen-bond donors (Lipinski definition) is 1. The highest BCUT2D eigenvalue weighted by atomic mass is 16.4. The van der Waals surface area contributed by atoms with Crippen LogP contribution >= 0.6 is 0 Å². The van der Waals surface area contributed by atoms with Gasteiger partial charge in [-0.2, -0.15) is 0 Å². The molecule has 0 rings (SSSR count). The quantitative estimate of drug-likeness (QED) is 0.461. The standard InChI is InChI=1S/C13H25NO2/c1-4-5-6-7-8-9-14(10-12(2)3)11-13(15)16/h4,12H,1,5-11H2,2-3H3,(H,15,16). The number of rotatable bonds is 10. The predicted octanol–water partition coefficient (Wildman–Crippen LogP) is 2.78. The van der Waals surface area contributed by atoms with E-state index in [0.717, 1.165) is 38.8 Å². The molecule has 3 nitrogen and oxygen atoms in total. The van der Waals surface area contributed by atoms with Crippen molar-refractivity contribution in [2.45, 2.75) is 39.5 Å². The average Bonchev–Trinajstić information content (AvgIpc) is 2.15. The summed E-state index contributed by atoms with van der Waals surface area (Å²) in [5.74, 6) is -0.209. The van der Waals surface area contributed by atoms with Crippen LogP contribution in [0.3, 0.4) is 0 Å². The van der Waals surface area contributed by atoms with Crippen LogP contribution in [0.2, 0.25) is 0 Å². The summed E-state index contributed by atoms with van der Waals surface area (Å²) >= 11 is 0. The molecule has 0 atom stereocenters. The Balaban J connectivity index is 3.73. The van der Waals surface area contributed by atoms with Gasteiger partial charge in [0.1, 0.15) is 0 Å². The number of carbonyl (C=O) groups is 1. The van der Waals surface area contributed by atoms with Crippen molar-refractivity contribution in [3.8, 4) is 0 Å². The van der Waals surface area contributed by atoms with Crippen molar-refractivity contribution < 1.29 is 9.90 Å². The van der Waals surface area contributed by atoms with Gasteiger partial charge in [0, 0.05) is 6.54 Å². The minimum Gasteiger partial charge on any atom is -0.480 e. The van der Waals surface area contributed by atoms with E-state index in [1.807, 2.05) is 11.0 Å². The van der Waals surface area contributed by atoms with Gasteiger partial charge in [-0.3, -0.25) is 9.69 Å². The summed E-state index contributed by atoms with van der Waals surface area (Å²) in [7, 11) is 0. The Morgan fingerprint density at radius 1 is 1.38 bits per heavy atom. The van der Waals surface area contributed by atoms with Crippen LogP contribution in [0.5, 0.6) is 0 Å². The van der Waals surface area contributed by atoms with Gasteiger partial charge in [-0.25, -0.2) is 0 Å². The van der Waals surface area contributed by atoms with Crippen LogP contribution in [-0.2, 0) is 4.79 Å². The molecule has 0 aromatic heterocycles. The van der Waals surface area contributed by atoms with E-state index >= 15 is 0 Å². The summed E-state index contributed by atoms with van der Waals surface area (Å²) < 4.78 is 0. The van der Waals surface area contributed by atoms with Gasteiger partial charge >= 0.3 is 5.97 Å². The second-order valence-electron chi connectivity index (χ2n) is 4.66. The summed E-state index contributed by atoms with van der Waals surface area (Å²) in [6.07, 6.45) is 6.38. The summed E-state index contributed by atoms with van der Waals surface area (Å²) in [5.41, 5.74) is 0. The molecule has 0 bridgehead atoms. The van der Waals surface area contributed by atoms with Crippen LogP contribution in [0.25, 0.3) is 0 Å². The first-order valence-corrected chi connectivity index (χ1v) is 6.11. The molecular formula is C13H25NO2. The number of carboxylic acids is 1. The molecule has 0 spiro atoms. The maximum absolute atomic E-state index is 10.7. The third kappa shape index (κ3) is 9.71. The smallest absolute Gasteiger partial charge is 0.317 e. The van der Waals surface area contributed by atoms with Crippen molar-refractivity contribution in [1.82, 2.24) is 4.90 Å². The minimum absolute atomic E-state index is 0.166. The van der Waals surface area contributed by atoms with E-state index in [1.165, 1.54) is 0 Å². The fraction of sp³-hybridized carbons (Fsp3) is 0.769. The average molecular weight is 227 g/mol. The topological polar surface area (TPSA) is 40.5 Å². The highest BCUT2D eigenvalue weighted by Crippen LogP contribution is 2.04. The molecule has 0 aromatic carbocycles. The number of hydrogen-bond acceptors (Lipinski definition) is 2.